The van der Waals surface area contributed by atoms with Gasteiger partial charge >= 0.3 is 5.97 Å². The average molecular weight is 912 g/mol. The van der Waals surface area contributed by atoms with Crippen LogP contribution >= 0.6 is 90.4 Å². The van der Waals surface area contributed by atoms with Crippen LogP contribution < -0.4 is 5.32 Å². The molecule has 11 heteroatoms. The molecule has 0 saturated heterocycles. The third kappa shape index (κ3) is 5.26. The Balaban J connectivity index is 1.81. The summed E-state index contributed by atoms with van der Waals surface area (Å²) in [6.07, 6.45) is 0. The molecule has 0 aromatic heterocycles. The number of ether oxygens (including phenoxy) is 1. The number of hydrogen-bond donors (Lipinski definition) is 1. The zero-order chi connectivity index (χ0) is 25.5. The van der Waals surface area contributed by atoms with Crippen LogP contribution in [0.5, 0.6) is 0 Å². The van der Waals surface area contributed by atoms with Crippen LogP contribution in [-0.2, 0) is 14.3 Å². The van der Waals surface area contributed by atoms with Gasteiger partial charge < -0.3 is 10.1 Å². The monoisotopic (exact) mass is 912 g/mol. The summed E-state index contributed by atoms with van der Waals surface area (Å²) in [5.74, 6) is -2.75. The third-order valence-electron chi connectivity index (χ3n) is 5.51. The van der Waals surface area contributed by atoms with E-state index < -0.39 is 42.3 Å². The molecule has 2 aromatic carbocycles. The van der Waals surface area contributed by atoms with Crippen molar-refractivity contribution in [2.45, 2.75) is 33.7 Å². The number of hydrogen-bond acceptors (Lipinski definition) is 5. The summed E-state index contributed by atoms with van der Waals surface area (Å²) in [4.78, 5) is 53.1. The van der Waals surface area contributed by atoms with Crippen LogP contribution in [0.3, 0.4) is 0 Å². The fourth-order valence-electron chi connectivity index (χ4n) is 3.59. The number of rotatable bonds is 6. The average Bonchev–Trinajstić information content (AvgIpc) is 3.03. The minimum Gasteiger partial charge on any atom is -0.454 e. The van der Waals surface area contributed by atoms with Gasteiger partial charge in [0.25, 0.3) is 17.7 Å². The van der Waals surface area contributed by atoms with Gasteiger partial charge in [-0.05, 0) is 127 Å². The zero-order valence-electron chi connectivity index (χ0n) is 18.6. The number of carbonyl (C=O) groups excluding carboxylic acids is 4. The molecule has 180 valence electrons. The molecule has 1 atom stereocenters. The molecule has 0 saturated carbocycles. The molecule has 0 aliphatic carbocycles. The molecule has 7 nitrogen and oxygen atoms in total. The van der Waals surface area contributed by atoms with E-state index in [4.69, 9.17) is 4.74 Å². The van der Waals surface area contributed by atoms with Gasteiger partial charge in [0.15, 0.2) is 6.61 Å². The number of amides is 3. The number of fused-ring (bicyclic) bond motifs is 1. The van der Waals surface area contributed by atoms with Crippen molar-refractivity contribution >= 4 is 120 Å². The first kappa shape index (κ1) is 28.0. The van der Waals surface area contributed by atoms with E-state index in [1.165, 1.54) is 0 Å². The van der Waals surface area contributed by atoms with Gasteiger partial charge in [-0.1, -0.05) is 26.0 Å². The molecule has 0 fully saturated rings. The molecule has 0 radical (unpaired) electrons. The quantitative estimate of drug-likeness (QED) is 0.136. The van der Waals surface area contributed by atoms with E-state index in [1.54, 1.807) is 19.9 Å². The van der Waals surface area contributed by atoms with E-state index in [1.807, 2.05) is 26.0 Å². The molecule has 0 spiro atoms. The normalized spacial score (nSPS) is 13.9. The number of imide groups is 1. The maximum atomic E-state index is 13.3. The van der Waals surface area contributed by atoms with Crippen molar-refractivity contribution in [2.75, 3.05) is 11.9 Å². The lowest BCUT2D eigenvalue weighted by Gasteiger charge is -2.27. The van der Waals surface area contributed by atoms with Gasteiger partial charge in [-0.2, -0.15) is 0 Å². The Hall–Kier alpha value is -0.560. The predicted molar refractivity (Wildman–Crippen MR) is 162 cm³/mol. The van der Waals surface area contributed by atoms with Gasteiger partial charge in [-0.25, -0.2) is 4.79 Å². The van der Waals surface area contributed by atoms with Crippen LogP contribution in [0.1, 0.15) is 45.7 Å². The summed E-state index contributed by atoms with van der Waals surface area (Å²) < 4.78 is 8.42. The van der Waals surface area contributed by atoms with Crippen molar-refractivity contribution in [3.8, 4) is 0 Å². The minimum atomic E-state index is -1.15. The van der Waals surface area contributed by atoms with Crippen LogP contribution in [0.4, 0.5) is 5.69 Å². The molecular weight excluding hydrogens is 892 g/mol. The van der Waals surface area contributed by atoms with E-state index >= 15 is 0 Å². The summed E-state index contributed by atoms with van der Waals surface area (Å²) in [7, 11) is 0. The van der Waals surface area contributed by atoms with Crippen molar-refractivity contribution < 1.29 is 23.9 Å². The van der Waals surface area contributed by atoms with Gasteiger partial charge in [-0.3, -0.25) is 19.3 Å². The van der Waals surface area contributed by atoms with Gasteiger partial charge in [-0.15, -0.1) is 0 Å². The number of halogens is 4. The molecule has 1 N–H and O–H groups in total. The highest BCUT2D eigenvalue weighted by Gasteiger charge is 2.47. The summed E-state index contributed by atoms with van der Waals surface area (Å²) in [5.41, 5.74) is 3.20. The van der Waals surface area contributed by atoms with E-state index in [0.29, 0.717) is 24.0 Å². The summed E-state index contributed by atoms with van der Waals surface area (Å²) in [6, 6.07) is 4.38. The molecule has 3 rings (SSSR count). The molecule has 2 aromatic rings. The Morgan fingerprint density at radius 2 is 1.47 bits per heavy atom. The van der Waals surface area contributed by atoms with E-state index in [9.17, 15) is 19.2 Å². The third-order valence-corrected chi connectivity index (χ3v) is 12.9. The number of nitrogens with one attached hydrogen (secondary N) is 1. The Morgan fingerprint density at radius 3 is 1.97 bits per heavy atom. The molecule has 1 heterocycles. The second-order valence-corrected chi connectivity index (χ2v) is 12.4. The first-order valence-corrected chi connectivity index (χ1v) is 14.5. The summed E-state index contributed by atoms with van der Waals surface area (Å²) in [6.45, 7) is 6.76. The smallest absolute Gasteiger partial charge is 0.330 e. The maximum absolute atomic E-state index is 13.3. The van der Waals surface area contributed by atoms with Crippen molar-refractivity contribution in [3.63, 3.8) is 0 Å². The molecule has 34 heavy (non-hydrogen) atoms. The number of nitrogens with zero attached hydrogens (tertiary/aromatic N) is 1. The second kappa shape index (κ2) is 11.2. The van der Waals surface area contributed by atoms with Crippen LogP contribution in [-0.4, -0.2) is 41.2 Å². The molecular formula is C23H20I4N2O5. The van der Waals surface area contributed by atoms with Gasteiger partial charge in [0.1, 0.15) is 6.04 Å². The molecule has 1 aliphatic rings. The lowest BCUT2D eigenvalue weighted by atomic mass is 10.0. The maximum Gasteiger partial charge on any atom is 0.330 e. The van der Waals surface area contributed by atoms with Gasteiger partial charge in [0.05, 0.1) is 11.1 Å². The van der Waals surface area contributed by atoms with Crippen LogP contribution in [0.15, 0.2) is 18.2 Å². The standard InChI is InChI=1S/C23H20I4N2O5/c1-9(2)20(23(33)34-8-13(30)28-12-7-5-6-10(3)11(12)4)29-21(31)14-15(22(29)32)17(25)19(27)18(26)16(14)24/h5-7,9,20H,8H2,1-4H3,(H,28,30). The van der Waals surface area contributed by atoms with E-state index in [2.05, 4.69) is 95.7 Å². The molecule has 0 bridgehead atoms. The lowest BCUT2D eigenvalue weighted by Crippen LogP contribution is -2.49. The lowest BCUT2D eigenvalue weighted by molar-refractivity contribution is -0.152. The summed E-state index contributed by atoms with van der Waals surface area (Å²) in [5, 5.41) is 2.74. The van der Waals surface area contributed by atoms with E-state index in [-0.39, 0.29) is 0 Å². The number of benzene rings is 2. The van der Waals surface area contributed by atoms with Gasteiger partial charge in [0.2, 0.25) is 0 Å². The molecule has 1 unspecified atom stereocenters. The number of anilines is 1. The van der Waals surface area contributed by atoms with Crippen LogP contribution in [0, 0.1) is 34.0 Å². The van der Waals surface area contributed by atoms with Crippen molar-refractivity contribution in [1.29, 1.82) is 0 Å². The fourth-order valence-corrected chi connectivity index (χ4v) is 7.24. The predicted octanol–water partition coefficient (Wildman–Crippen LogP) is 5.52. The Bertz CT molecular complexity index is 1180. The van der Waals surface area contributed by atoms with Crippen LogP contribution in [0.25, 0.3) is 0 Å². The highest BCUT2D eigenvalue weighted by Crippen LogP contribution is 2.39. The summed E-state index contributed by atoms with van der Waals surface area (Å²) >= 11 is 8.43. The van der Waals surface area contributed by atoms with E-state index in [0.717, 1.165) is 23.2 Å². The Labute approximate surface area is 252 Å². The number of carbonyl (C=O) groups is 4. The first-order chi connectivity index (χ1) is 15.9. The largest absolute Gasteiger partial charge is 0.454 e. The Morgan fingerprint density at radius 1 is 0.941 bits per heavy atom. The number of esters is 1. The SMILES string of the molecule is Cc1cccc(NC(=O)COC(=O)C(C(C)C)N2C(=O)c3c(I)c(I)c(I)c(I)c3C2=O)c1C. The van der Waals surface area contributed by atoms with Crippen molar-refractivity contribution in [2.24, 2.45) is 5.92 Å². The van der Waals surface area contributed by atoms with Crippen LogP contribution in [0.2, 0.25) is 0 Å². The zero-order valence-corrected chi connectivity index (χ0v) is 27.2. The second-order valence-electron chi connectivity index (χ2n) is 8.08. The highest BCUT2D eigenvalue weighted by molar-refractivity contribution is 14.1. The topological polar surface area (TPSA) is 92.8 Å². The minimum absolute atomic E-state index is 0.311. The van der Waals surface area contributed by atoms with Gasteiger partial charge in [0, 0.05) is 20.0 Å². The number of aryl methyl sites for hydroxylation is 1. The molecule has 1 aliphatic heterocycles. The fraction of sp³-hybridized carbons (Fsp3) is 0.304. The highest BCUT2D eigenvalue weighted by atomic mass is 127. The van der Waals surface area contributed by atoms with Crippen molar-refractivity contribution in [1.82, 2.24) is 4.90 Å². The molecule has 3 amide bonds. The first-order valence-electron chi connectivity index (χ1n) is 10.1. The Kier molecular flexibility index (Phi) is 9.25. The van der Waals surface area contributed by atoms with Crippen molar-refractivity contribution in [3.05, 3.63) is 54.7 Å².